The maximum atomic E-state index is 11.8. The van der Waals surface area contributed by atoms with Crippen molar-refractivity contribution >= 4 is 22.6 Å². The van der Waals surface area contributed by atoms with Crippen LogP contribution in [0.5, 0.6) is 5.75 Å². The van der Waals surface area contributed by atoms with E-state index < -0.39 is 22.6 Å². The number of rotatable bonds is 3. The van der Waals surface area contributed by atoms with Crippen LogP contribution in [0.4, 0.5) is 5.33 Å². The number of halogens is 2. The molecule has 0 saturated carbocycles. The molecule has 0 atom stereocenters. The fraction of sp³-hybridized carbons (Fsp3) is 0.143. The molecule has 1 nitrogen and oxygen atoms in total. The second-order valence-electron chi connectivity index (χ2n) is 2.02. The Labute approximate surface area is 73.3 Å². The quantitative estimate of drug-likeness (QED) is 0.807. The molecule has 0 spiro atoms. The van der Waals surface area contributed by atoms with Crippen molar-refractivity contribution in [3.05, 3.63) is 30.3 Å². The van der Waals surface area contributed by atoms with Gasteiger partial charge in [-0.25, -0.2) is 0 Å². The van der Waals surface area contributed by atoms with Crippen molar-refractivity contribution in [1.29, 1.82) is 0 Å². The van der Waals surface area contributed by atoms with Crippen LogP contribution in [0.15, 0.2) is 30.3 Å². The SMILES string of the molecule is [F][In]([F])[CH2]Oc1ccccc1. The topological polar surface area (TPSA) is 9.23 Å². The van der Waals surface area contributed by atoms with Crippen molar-refractivity contribution in [2.24, 2.45) is 0 Å². The Bertz CT molecular complexity index is 203. The first kappa shape index (κ1) is 8.84. The van der Waals surface area contributed by atoms with Crippen LogP contribution in [-0.4, -0.2) is 27.0 Å². The van der Waals surface area contributed by atoms with E-state index in [-0.39, 0.29) is 4.36 Å². The molecule has 0 bridgehead atoms. The fourth-order valence-corrected chi connectivity index (χ4v) is 1.58. The van der Waals surface area contributed by atoms with E-state index >= 15 is 0 Å². The fourth-order valence-electron chi connectivity index (χ4n) is 0.676. The molecule has 1 rings (SSSR count). The minimum absolute atomic E-state index is 0.328. The van der Waals surface area contributed by atoms with Gasteiger partial charge in [0.25, 0.3) is 0 Å². The van der Waals surface area contributed by atoms with Crippen molar-refractivity contribution in [3.63, 3.8) is 0 Å². The molecule has 0 unspecified atom stereocenters. The predicted molar refractivity (Wildman–Crippen MR) is 39.9 cm³/mol. The summed E-state index contributed by atoms with van der Waals surface area (Å²) >= 11 is -4.15. The van der Waals surface area contributed by atoms with Crippen molar-refractivity contribution < 1.29 is 10.1 Å². The number of hydrogen-bond donors (Lipinski definition) is 0. The number of ether oxygens (including phenoxy) is 1. The molecule has 11 heavy (non-hydrogen) atoms. The van der Waals surface area contributed by atoms with E-state index in [0.717, 1.165) is 0 Å². The van der Waals surface area contributed by atoms with Crippen LogP contribution in [0, 0.1) is 0 Å². The molecule has 0 N–H and O–H groups in total. The van der Waals surface area contributed by atoms with E-state index in [4.69, 9.17) is 4.74 Å². The third-order valence-corrected chi connectivity index (χ3v) is 2.31. The zero-order valence-electron chi connectivity index (χ0n) is 5.84. The summed E-state index contributed by atoms with van der Waals surface area (Å²) in [5, 5.41) is 0. The molecule has 0 saturated heterocycles. The Morgan fingerprint density at radius 2 is 1.82 bits per heavy atom. The molecule has 0 aliphatic carbocycles. The number of hydrogen-bond acceptors (Lipinski definition) is 1. The van der Waals surface area contributed by atoms with Crippen LogP contribution < -0.4 is 4.74 Å². The number of benzene rings is 1. The van der Waals surface area contributed by atoms with Crippen LogP contribution >= 0.6 is 0 Å². The first-order chi connectivity index (χ1) is 5.29. The van der Waals surface area contributed by atoms with Crippen molar-refractivity contribution in [1.82, 2.24) is 0 Å². The molecule has 4 heteroatoms. The predicted octanol–water partition coefficient (Wildman–Crippen LogP) is 2.03. The summed E-state index contributed by atoms with van der Waals surface area (Å²) in [6.07, 6.45) is 0. The van der Waals surface area contributed by atoms with Gasteiger partial charge in [-0.1, -0.05) is 0 Å². The van der Waals surface area contributed by atoms with Gasteiger partial charge in [-0.3, -0.25) is 0 Å². The van der Waals surface area contributed by atoms with Gasteiger partial charge in [0.15, 0.2) is 0 Å². The summed E-state index contributed by atoms with van der Waals surface area (Å²) in [6, 6.07) is 8.69. The summed E-state index contributed by atoms with van der Waals surface area (Å²) in [4.78, 5) is 0. The molecule has 58 valence electrons. The Morgan fingerprint density at radius 3 is 2.36 bits per heavy atom. The molecule has 1 aromatic carbocycles. The monoisotopic (exact) mass is 260 g/mol. The molecule has 0 aliphatic heterocycles. The van der Waals surface area contributed by atoms with Gasteiger partial charge in [0.05, 0.1) is 0 Å². The van der Waals surface area contributed by atoms with Crippen LogP contribution in [0.3, 0.4) is 0 Å². The Hall–Kier alpha value is -0.250. The van der Waals surface area contributed by atoms with Crippen molar-refractivity contribution in [2.45, 2.75) is 0 Å². The Balaban J connectivity index is 2.39. The van der Waals surface area contributed by atoms with E-state index in [9.17, 15) is 5.33 Å². The van der Waals surface area contributed by atoms with E-state index in [1.165, 1.54) is 0 Å². The van der Waals surface area contributed by atoms with Gasteiger partial charge >= 0.3 is 73.2 Å². The van der Waals surface area contributed by atoms with Crippen molar-refractivity contribution in [3.8, 4) is 5.75 Å². The van der Waals surface area contributed by atoms with Crippen LogP contribution in [0.2, 0.25) is 0 Å². The van der Waals surface area contributed by atoms with Gasteiger partial charge in [-0.05, 0) is 0 Å². The summed E-state index contributed by atoms with van der Waals surface area (Å²) in [6.45, 7) is 0. The van der Waals surface area contributed by atoms with Gasteiger partial charge in [0.2, 0.25) is 0 Å². The Morgan fingerprint density at radius 1 is 1.18 bits per heavy atom. The number of para-hydroxylation sites is 1. The first-order valence-corrected chi connectivity index (χ1v) is 8.07. The molecule has 0 aliphatic rings. The molecular weight excluding hydrogens is 253 g/mol. The van der Waals surface area contributed by atoms with Gasteiger partial charge in [-0.15, -0.1) is 0 Å². The third-order valence-electron chi connectivity index (χ3n) is 1.12. The summed E-state index contributed by atoms with van der Waals surface area (Å²) in [5.74, 6) is 0.532. The van der Waals surface area contributed by atoms with E-state index in [0.29, 0.717) is 5.75 Å². The summed E-state index contributed by atoms with van der Waals surface area (Å²) < 4.78 is 28.1. The average Bonchev–Trinajstić information content (AvgIpc) is 2.03. The molecule has 0 aromatic heterocycles. The molecular formula is C7H7F2InO. The standard InChI is InChI=1S/C7H7O.2FH.In/c1-8-7-5-3-2-4-6-7;;;/h2-6H,1H2;2*1H;/q;;;+2/p-2. The molecule has 1 aromatic rings. The van der Waals surface area contributed by atoms with E-state index in [2.05, 4.69) is 0 Å². The van der Waals surface area contributed by atoms with Crippen LogP contribution in [0.1, 0.15) is 0 Å². The van der Waals surface area contributed by atoms with Crippen molar-refractivity contribution in [2.75, 3.05) is 4.36 Å². The molecule has 0 fully saturated rings. The normalized spacial score (nSPS) is 9.27. The second-order valence-corrected chi connectivity index (χ2v) is 5.20. The zero-order chi connectivity index (χ0) is 8.10. The van der Waals surface area contributed by atoms with Gasteiger partial charge < -0.3 is 0 Å². The van der Waals surface area contributed by atoms with E-state index in [1.807, 2.05) is 6.07 Å². The second kappa shape index (κ2) is 4.59. The zero-order valence-corrected chi connectivity index (χ0v) is 9.13. The van der Waals surface area contributed by atoms with Gasteiger partial charge in [0.1, 0.15) is 0 Å². The molecule has 0 radical (unpaired) electrons. The van der Waals surface area contributed by atoms with Gasteiger partial charge in [-0.2, -0.15) is 0 Å². The van der Waals surface area contributed by atoms with Crippen LogP contribution in [-0.2, 0) is 0 Å². The Kier molecular flexibility index (Phi) is 3.69. The van der Waals surface area contributed by atoms with Crippen LogP contribution in [0.25, 0.3) is 0 Å². The average molecular weight is 260 g/mol. The van der Waals surface area contributed by atoms with Gasteiger partial charge in [0, 0.05) is 0 Å². The summed E-state index contributed by atoms with van der Waals surface area (Å²) in [5.41, 5.74) is 0. The molecule has 0 heterocycles. The third kappa shape index (κ3) is 3.60. The first-order valence-electron chi connectivity index (χ1n) is 3.25. The minimum atomic E-state index is -4.15. The summed E-state index contributed by atoms with van der Waals surface area (Å²) in [7, 11) is 0. The van der Waals surface area contributed by atoms with E-state index in [1.54, 1.807) is 24.3 Å². The molecule has 0 amide bonds. The maximum absolute atomic E-state index is 11.8.